The van der Waals surface area contributed by atoms with Gasteiger partial charge in [-0.3, -0.25) is 4.98 Å². The lowest BCUT2D eigenvalue weighted by molar-refractivity contribution is 0.432. The summed E-state index contributed by atoms with van der Waals surface area (Å²) in [5.41, 5.74) is 3.92. The first-order chi connectivity index (χ1) is 16.7. The molecule has 1 N–H and O–H groups in total. The van der Waals surface area contributed by atoms with Gasteiger partial charge >= 0.3 is 0 Å². The Balaban J connectivity index is 1.21. The average Bonchev–Trinajstić information content (AvgIpc) is 3.66. The number of hydrogen-bond acceptors (Lipinski definition) is 8. The monoisotopic (exact) mass is 467 g/mol. The minimum Gasteiger partial charge on any atom is -0.415 e. The molecule has 0 bridgehead atoms. The molecule has 6 aromatic rings. The van der Waals surface area contributed by atoms with Crippen LogP contribution in [-0.4, -0.2) is 35.3 Å². The molecule has 4 aromatic heterocycles. The topological polar surface area (TPSA) is 119 Å². The minimum absolute atomic E-state index is 0.351. The SMILES string of the molecule is Clc1ccc(-c2nc(-c3ccc(-c4ncc(-c5nnc(-c6ccncc6)o5)[nH]4)cc3)no2)cc1. The van der Waals surface area contributed by atoms with Crippen LogP contribution >= 0.6 is 11.6 Å². The molecule has 0 saturated carbocycles. The van der Waals surface area contributed by atoms with Crippen molar-refractivity contribution in [2.24, 2.45) is 0 Å². The quantitative estimate of drug-likeness (QED) is 0.350. The maximum Gasteiger partial charge on any atom is 0.266 e. The molecule has 2 aromatic carbocycles. The Morgan fingerprint density at radius 2 is 1.38 bits per heavy atom. The number of nitrogens with zero attached hydrogens (tertiary/aromatic N) is 6. The van der Waals surface area contributed by atoms with E-state index in [4.69, 9.17) is 20.5 Å². The number of aromatic amines is 1. The number of aromatic nitrogens is 7. The zero-order valence-corrected chi connectivity index (χ0v) is 18.1. The fourth-order valence-electron chi connectivity index (χ4n) is 3.35. The summed E-state index contributed by atoms with van der Waals surface area (Å²) in [6.07, 6.45) is 5.00. The van der Waals surface area contributed by atoms with E-state index in [1.807, 2.05) is 36.4 Å². The second kappa shape index (κ2) is 8.38. The van der Waals surface area contributed by atoms with E-state index in [2.05, 4.69) is 35.3 Å². The van der Waals surface area contributed by atoms with Crippen molar-refractivity contribution in [3.8, 4) is 57.3 Å². The predicted molar refractivity (Wildman–Crippen MR) is 124 cm³/mol. The van der Waals surface area contributed by atoms with E-state index in [9.17, 15) is 0 Å². The Morgan fingerprint density at radius 3 is 2.18 bits per heavy atom. The Kier molecular flexibility index (Phi) is 4.93. The minimum atomic E-state index is 0.351. The van der Waals surface area contributed by atoms with Gasteiger partial charge in [-0.2, -0.15) is 4.98 Å². The highest BCUT2D eigenvalue weighted by molar-refractivity contribution is 6.30. The highest BCUT2D eigenvalue weighted by Gasteiger charge is 2.15. The Labute approximate surface area is 197 Å². The number of nitrogens with one attached hydrogen (secondary N) is 1. The molecule has 6 rings (SSSR count). The normalized spacial score (nSPS) is 11.1. The number of benzene rings is 2. The van der Waals surface area contributed by atoms with Crippen molar-refractivity contribution in [3.63, 3.8) is 0 Å². The summed E-state index contributed by atoms with van der Waals surface area (Å²) in [5, 5.41) is 12.9. The van der Waals surface area contributed by atoms with Crippen LogP contribution in [-0.2, 0) is 0 Å². The van der Waals surface area contributed by atoms with E-state index in [-0.39, 0.29) is 0 Å². The molecule has 0 spiro atoms. The molecule has 10 heteroatoms. The molecule has 9 nitrogen and oxygen atoms in total. The van der Waals surface area contributed by atoms with Gasteiger partial charge in [0, 0.05) is 39.7 Å². The summed E-state index contributed by atoms with van der Waals surface area (Å²) in [4.78, 5) is 16.1. The summed E-state index contributed by atoms with van der Waals surface area (Å²) < 4.78 is 11.2. The molecule has 0 saturated heterocycles. The van der Waals surface area contributed by atoms with Crippen molar-refractivity contribution < 1.29 is 8.94 Å². The van der Waals surface area contributed by atoms with Crippen molar-refractivity contribution in [3.05, 3.63) is 84.3 Å². The molecular weight excluding hydrogens is 454 g/mol. The summed E-state index contributed by atoms with van der Waals surface area (Å²) in [7, 11) is 0. The van der Waals surface area contributed by atoms with Gasteiger partial charge in [-0.15, -0.1) is 10.2 Å². The second-order valence-electron chi connectivity index (χ2n) is 7.30. The van der Waals surface area contributed by atoms with Gasteiger partial charge in [-0.25, -0.2) is 4.98 Å². The van der Waals surface area contributed by atoms with Crippen LogP contribution in [0.25, 0.3) is 57.3 Å². The zero-order chi connectivity index (χ0) is 22.9. The highest BCUT2D eigenvalue weighted by atomic mass is 35.5. The first-order valence-corrected chi connectivity index (χ1v) is 10.6. The third-order valence-corrected chi connectivity index (χ3v) is 5.34. The lowest BCUT2D eigenvalue weighted by Crippen LogP contribution is -1.84. The van der Waals surface area contributed by atoms with Crippen molar-refractivity contribution in [1.82, 2.24) is 35.3 Å². The molecule has 0 aliphatic carbocycles. The van der Waals surface area contributed by atoms with E-state index in [1.54, 1.807) is 42.9 Å². The first-order valence-electron chi connectivity index (χ1n) is 10.2. The van der Waals surface area contributed by atoms with Crippen LogP contribution in [0.1, 0.15) is 0 Å². The van der Waals surface area contributed by atoms with Crippen LogP contribution < -0.4 is 0 Å². The Hall–Kier alpha value is -4.63. The molecule has 0 radical (unpaired) electrons. The highest BCUT2D eigenvalue weighted by Crippen LogP contribution is 2.27. The van der Waals surface area contributed by atoms with Crippen molar-refractivity contribution in [2.75, 3.05) is 0 Å². The van der Waals surface area contributed by atoms with Gasteiger partial charge in [-0.05, 0) is 36.4 Å². The summed E-state index contributed by atoms with van der Waals surface area (Å²) >= 11 is 5.94. The third kappa shape index (κ3) is 3.84. The van der Waals surface area contributed by atoms with E-state index in [1.165, 1.54) is 0 Å². The van der Waals surface area contributed by atoms with E-state index in [0.29, 0.717) is 40.0 Å². The van der Waals surface area contributed by atoms with Gasteiger partial charge < -0.3 is 13.9 Å². The number of imidazole rings is 1. The molecule has 4 heterocycles. The summed E-state index contributed by atoms with van der Waals surface area (Å²) in [5.74, 6) is 2.35. The molecule has 164 valence electrons. The lowest BCUT2D eigenvalue weighted by atomic mass is 10.1. The van der Waals surface area contributed by atoms with Gasteiger partial charge in [0.05, 0.1) is 6.20 Å². The van der Waals surface area contributed by atoms with Crippen molar-refractivity contribution in [2.45, 2.75) is 0 Å². The van der Waals surface area contributed by atoms with Gasteiger partial charge in [0.1, 0.15) is 11.5 Å². The predicted octanol–water partition coefficient (Wildman–Crippen LogP) is 5.56. The van der Waals surface area contributed by atoms with Crippen molar-refractivity contribution >= 4 is 11.6 Å². The van der Waals surface area contributed by atoms with Gasteiger partial charge in [0.2, 0.25) is 11.7 Å². The molecule has 0 atom stereocenters. The number of H-pyrrole nitrogens is 1. The average molecular weight is 468 g/mol. The van der Waals surface area contributed by atoms with E-state index in [0.717, 1.165) is 22.3 Å². The molecule has 0 amide bonds. The van der Waals surface area contributed by atoms with Crippen LogP contribution in [0, 0.1) is 0 Å². The summed E-state index contributed by atoms with van der Waals surface area (Å²) in [6.45, 7) is 0. The van der Waals surface area contributed by atoms with E-state index >= 15 is 0 Å². The molecule has 0 unspecified atom stereocenters. The standard InChI is InChI=1S/C24H14ClN7O2/c25-18-7-5-16(6-8-18)22-29-21(32-34-22)15-3-1-14(2-4-15)20-27-13-19(28-20)24-31-30-23(33-24)17-9-11-26-12-10-17/h1-13H,(H,27,28). The molecule has 0 fully saturated rings. The largest absolute Gasteiger partial charge is 0.415 e. The van der Waals surface area contributed by atoms with Gasteiger partial charge in [0.25, 0.3) is 11.8 Å². The third-order valence-electron chi connectivity index (χ3n) is 5.09. The van der Waals surface area contributed by atoms with Crippen LogP contribution in [0.2, 0.25) is 5.02 Å². The van der Waals surface area contributed by atoms with Gasteiger partial charge in [0.15, 0.2) is 0 Å². The lowest BCUT2D eigenvalue weighted by Gasteiger charge is -1.98. The Bertz CT molecular complexity index is 1560. The zero-order valence-electron chi connectivity index (χ0n) is 17.4. The second-order valence-corrected chi connectivity index (χ2v) is 7.74. The smallest absolute Gasteiger partial charge is 0.266 e. The molecule has 34 heavy (non-hydrogen) atoms. The fraction of sp³-hybridized carbons (Fsp3) is 0. The van der Waals surface area contributed by atoms with Crippen molar-refractivity contribution in [1.29, 1.82) is 0 Å². The number of pyridine rings is 1. The molecular formula is C24H14ClN7O2. The number of rotatable bonds is 5. The number of halogens is 1. The van der Waals surface area contributed by atoms with Gasteiger partial charge in [-0.1, -0.05) is 41.0 Å². The summed E-state index contributed by atoms with van der Waals surface area (Å²) in [6, 6.07) is 18.5. The maximum atomic E-state index is 5.94. The number of hydrogen-bond donors (Lipinski definition) is 1. The van der Waals surface area contributed by atoms with E-state index < -0.39 is 0 Å². The maximum absolute atomic E-state index is 5.94. The molecule has 0 aliphatic rings. The van der Waals surface area contributed by atoms with Crippen LogP contribution in [0.3, 0.4) is 0 Å². The van der Waals surface area contributed by atoms with Crippen LogP contribution in [0.5, 0.6) is 0 Å². The molecule has 0 aliphatic heterocycles. The fourth-order valence-corrected chi connectivity index (χ4v) is 3.47. The first kappa shape index (κ1) is 20.0. The Morgan fingerprint density at radius 1 is 0.706 bits per heavy atom. The van der Waals surface area contributed by atoms with Crippen LogP contribution in [0.15, 0.2) is 88.2 Å². The van der Waals surface area contributed by atoms with Crippen LogP contribution in [0.4, 0.5) is 0 Å².